The number of anilines is 1. The molecule has 2 amide bonds. The van der Waals surface area contributed by atoms with Gasteiger partial charge in [0.25, 0.3) is 10.0 Å². The third kappa shape index (κ3) is 3.63. The van der Waals surface area contributed by atoms with Gasteiger partial charge in [-0.25, -0.2) is 22.6 Å². The third-order valence-electron chi connectivity index (χ3n) is 4.34. The molecule has 0 spiro atoms. The van der Waals surface area contributed by atoms with E-state index < -0.39 is 16.1 Å². The minimum absolute atomic E-state index is 0.0330. The van der Waals surface area contributed by atoms with Crippen LogP contribution in [-0.2, 0) is 21.5 Å². The first-order valence-corrected chi connectivity index (χ1v) is 11.2. The lowest BCUT2D eigenvalue weighted by atomic mass is 10.2. The highest BCUT2D eigenvalue weighted by atomic mass is 32.2. The van der Waals surface area contributed by atoms with Crippen molar-refractivity contribution in [2.24, 2.45) is 0 Å². The molecule has 2 N–H and O–H groups in total. The van der Waals surface area contributed by atoms with Gasteiger partial charge in [0.2, 0.25) is 0 Å². The Morgan fingerprint density at radius 3 is 2.50 bits per heavy atom. The molecule has 3 aromatic rings. The number of amides is 2. The van der Waals surface area contributed by atoms with Crippen LogP contribution in [-0.4, -0.2) is 24.2 Å². The van der Waals surface area contributed by atoms with Gasteiger partial charge in [0.05, 0.1) is 16.3 Å². The van der Waals surface area contributed by atoms with E-state index in [0.29, 0.717) is 11.6 Å². The van der Waals surface area contributed by atoms with Gasteiger partial charge in [-0.2, -0.15) is 16.9 Å². The smallest absolute Gasteiger partial charge is 0.291 e. The van der Waals surface area contributed by atoms with Crippen LogP contribution in [0, 0.1) is 6.92 Å². The summed E-state index contributed by atoms with van der Waals surface area (Å²) in [5.41, 5.74) is 3.53. The number of hydrogen-bond acceptors (Lipinski definition) is 5. The van der Waals surface area contributed by atoms with Crippen LogP contribution in [0.2, 0.25) is 0 Å². The number of nitrogens with zero attached hydrogens (tertiary/aromatic N) is 2. The van der Waals surface area contributed by atoms with Crippen molar-refractivity contribution in [3.63, 3.8) is 0 Å². The predicted molar refractivity (Wildman–Crippen MR) is 109 cm³/mol. The van der Waals surface area contributed by atoms with E-state index in [-0.39, 0.29) is 4.90 Å². The molecule has 0 atom stereocenters. The van der Waals surface area contributed by atoms with Gasteiger partial charge < -0.3 is 0 Å². The molecule has 1 aromatic heterocycles. The number of para-hydroxylation sites is 1. The fraction of sp³-hybridized carbons (Fsp3) is 0.158. The first-order chi connectivity index (χ1) is 13.4. The highest BCUT2D eigenvalue weighted by molar-refractivity contribution is 7.98. The van der Waals surface area contributed by atoms with Crippen molar-refractivity contribution in [2.75, 3.05) is 5.32 Å². The largest absolute Gasteiger partial charge is 0.334 e. The fourth-order valence-corrected chi connectivity index (χ4v) is 4.87. The first kappa shape index (κ1) is 18.6. The van der Waals surface area contributed by atoms with E-state index in [1.165, 1.54) is 12.1 Å². The van der Waals surface area contributed by atoms with Gasteiger partial charge in [-0.05, 0) is 31.2 Å². The standard InChI is InChI=1S/C19H18N4O3S2/c1-13-7-9-15(10-8-13)28(25,26)22-19(24)20-18-16-11-27-12-17(16)21-23(18)14-5-3-2-4-6-14/h2-10H,11-12H2,1H3,(H2,20,22,24). The second-order valence-corrected chi connectivity index (χ2v) is 9.05. The molecule has 0 aliphatic carbocycles. The molecule has 2 aromatic carbocycles. The van der Waals surface area contributed by atoms with Gasteiger partial charge >= 0.3 is 6.03 Å². The Labute approximate surface area is 167 Å². The maximum Gasteiger partial charge on any atom is 0.334 e. The van der Waals surface area contributed by atoms with E-state index >= 15 is 0 Å². The minimum Gasteiger partial charge on any atom is -0.291 e. The van der Waals surface area contributed by atoms with E-state index in [9.17, 15) is 13.2 Å². The zero-order valence-corrected chi connectivity index (χ0v) is 16.7. The molecule has 0 bridgehead atoms. The van der Waals surface area contributed by atoms with Gasteiger partial charge in [-0.3, -0.25) is 5.32 Å². The zero-order chi connectivity index (χ0) is 19.7. The minimum atomic E-state index is -3.97. The van der Waals surface area contributed by atoms with Gasteiger partial charge in [-0.15, -0.1) is 0 Å². The van der Waals surface area contributed by atoms with Crippen LogP contribution < -0.4 is 10.0 Å². The number of benzene rings is 2. The quantitative estimate of drug-likeness (QED) is 0.682. The lowest BCUT2D eigenvalue weighted by molar-refractivity contribution is 0.256. The summed E-state index contributed by atoms with van der Waals surface area (Å²) in [6.45, 7) is 1.86. The van der Waals surface area contributed by atoms with E-state index in [0.717, 1.165) is 28.3 Å². The molecule has 1 aliphatic rings. The Balaban J connectivity index is 1.61. The molecular formula is C19H18N4O3S2. The number of urea groups is 1. The lowest BCUT2D eigenvalue weighted by Gasteiger charge is -2.12. The Bertz CT molecular complexity index is 1120. The molecule has 0 unspecified atom stereocenters. The summed E-state index contributed by atoms with van der Waals surface area (Å²) in [6.07, 6.45) is 0. The number of carbonyl (C=O) groups is 1. The van der Waals surface area contributed by atoms with E-state index in [1.54, 1.807) is 28.6 Å². The number of rotatable bonds is 4. The molecule has 1 aliphatic heterocycles. The van der Waals surface area contributed by atoms with Crippen molar-refractivity contribution in [3.05, 3.63) is 71.4 Å². The zero-order valence-electron chi connectivity index (χ0n) is 15.0. The van der Waals surface area contributed by atoms with Crippen molar-refractivity contribution < 1.29 is 13.2 Å². The number of hydrogen-bond donors (Lipinski definition) is 2. The number of carbonyl (C=O) groups excluding carboxylic acids is 1. The van der Waals surface area contributed by atoms with E-state index in [1.807, 2.05) is 37.3 Å². The topological polar surface area (TPSA) is 93.1 Å². The number of nitrogens with one attached hydrogen (secondary N) is 2. The highest BCUT2D eigenvalue weighted by Crippen LogP contribution is 2.36. The second-order valence-electron chi connectivity index (χ2n) is 6.39. The predicted octanol–water partition coefficient (Wildman–Crippen LogP) is 3.44. The molecule has 7 nitrogen and oxygen atoms in total. The lowest BCUT2D eigenvalue weighted by Crippen LogP contribution is -2.35. The maximum atomic E-state index is 12.5. The highest BCUT2D eigenvalue weighted by Gasteiger charge is 2.26. The normalized spacial score (nSPS) is 13.2. The maximum absolute atomic E-state index is 12.5. The molecule has 9 heteroatoms. The van der Waals surface area contributed by atoms with E-state index in [2.05, 4.69) is 15.1 Å². The summed E-state index contributed by atoms with van der Waals surface area (Å²) in [4.78, 5) is 12.5. The number of aromatic nitrogens is 2. The van der Waals surface area contributed by atoms with Gasteiger partial charge in [0, 0.05) is 17.1 Å². The van der Waals surface area contributed by atoms with Crippen molar-refractivity contribution in [3.8, 4) is 5.69 Å². The summed E-state index contributed by atoms with van der Waals surface area (Å²) < 4.78 is 28.7. The molecule has 0 saturated carbocycles. The van der Waals surface area contributed by atoms with E-state index in [4.69, 9.17) is 0 Å². The van der Waals surface area contributed by atoms with Gasteiger partial charge in [0.1, 0.15) is 5.82 Å². The molecule has 0 radical (unpaired) electrons. The Kier molecular flexibility index (Phi) is 4.86. The molecule has 144 valence electrons. The Morgan fingerprint density at radius 1 is 1.07 bits per heavy atom. The van der Waals surface area contributed by atoms with Crippen LogP contribution >= 0.6 is 11.8 Å². The van der Waals surface area contributed by atoms with Crippen LogP contribution in [0.25, 0.3) is 5.69 Å². The average Bonchev–Trinajstić information content (AvgIpc) is 3.25. The summed E-state index contributed by atoms with van der Waals surface area (Å²) >= 11 is 1.70. The van der Waals surface area contributed by atoms with Crippen LogP contribution in [0.15, 0.2) is 59.5 Å². The van der Waals surface area contributed by atoms with Crippen molar-refractivity contribution in [2.45, 2.75) is 23.3 Å². The van der Waals surface area contributed by atoms with Gasteiger partial charge in [-0.1, -0.05) is 35.9 Å². The number of thioether (sulfide) groups is 1. The van der Waals surface area contributed by atoms with Crippen molar-refractivity contribution in [1.82, 2.24) is 14.5 Å². The number of sulfonamides is 1. The van der Waals surface area contributed by atoms with Crippen molar-refractivity contribution in [1.29, 1.82) is 0 Å². The molecule has 2 heterocycles. The summed E-state index contributed by atoms with van der Waals surface area (Å²) in [5, 5.41) is 7.27. The van der Waals surface area contributed by atoms with Crippen LogP contribution in [0.3, 0.4) is 0 Å². The summed E-state index contributed by atoms with van der Waals surface area (Å²) in [5.74, 6) is 1.96. The molecule has 0 saturated heterocycles. The Hall–Kier alpha value is -2.78. The number of fused-ring (bicyclic) bond motifs is 1. The first-order valence-electron chi connectivity index (χ1n) is 8.58. The van der Waals surface area contributed by atoms with Crippen LogP contribution in [0.5, 0.6) is 0 Å². The molecular weight excluding hydrogens is 396 g/mol. The molecule has 4 rings (SSSR count). The average molecular weight is 415 g/mol. The fourth-order valence-electron chi connectivity index (χ4n) is 2.93. The molecule has 28 heavy (non-hydrogen) atoms. The molecule has 0 fully saturated rings. The summed E-state index contributed by atoms with van der Waals surface area (Å²) in [6, 6.07) is 14.9. The Morgan fingerprint density at radius 2 is 1.79 bits per heavy atom. The third-order valence-corrected chi connectivity index (χ3v) is 6.66. The SMILES string of the molecule is Cc1ccc(S(=O)(=O)NC(=O)Nc2c3c(nn2-c2ccccc2)CSC3)cc1. The van der Waals surface area contributed by atoms with Gasteiger partial charge in [0.15, 0.2) is 0 Å². The van der Waals surface area contributed by atoms with Crippen LogP contribution in [0.1, 0.15) is 16.8 Å². The summed E-state index contributed by atoms with van der Waals surface area (Å²) in [7, 11) is -3.97. The van der Waals surface area contributed by atoms with Crippen LogP contribution in [0.4, 0.5) is 10.6 Å². The number of aryl methyl sites for hydroxylation is 1. The second kappa shape index (κ2) is 7.33. The van der Waals surface area contributed by atoms with Crippen molar-refractivity contribution >= 4 is 33.6 Å². The monoisotopic (exact) mass is 414 g/mol.